The lowest BCUT2D eigenvalue weighted by atomic mass is 10.3. The summed E-state index contributed by atoms with van der Waals surface area (Å²) in [5.41, 5.74) is 6.49. The number of anilines is 1. The molecule has 0 saturated heterocycles. The SMILES string of the molecule is Nc1ccc(Sc2ccc(Br)cn2)c(I)c1. The number of nitrogens with two attached hydrogens (primary N) is 1. The second-order valence-electron chi connectivity index (χ2n) is 3.11. The third-order valence-corrected chi connectivity index (χ3v) is 4.62. The van der Waals surface area contributed by atoms with Crippen molar-refractivity contribution in [1.29, 1.82) is 0 Å². The molecule has 1 aromatic carbocycles. The molecule has 2 rings (SSSR count). The van der Waals surface area contributed by atoms with Gasteiger partial charge in [0.2, 0.25) is 0 Å². The van der Waals surface area contributed by atoms with Crippen LogP contribution in [0.1, 0.15) is 0 Å². The average molecular weight is 407 g/mol. The summed E-state index contributed by atoms with van der Waals surface area (Å²) in [5.74, 6) is 0. The van der Waals surface area contributed by atoms with Gasteiger partial charge in [0.15, 0.2) is 0 Å². The summed E-state index contributed by atoms with van der Waals surface area (Å²) in [6.07, 6.45) is 1.80. The van der Waals surface area contributed by atoms with E-state index in [4.69, 9.17) is 5.73 Å². The molecule has 1 aromatic heterocycles. The van der Waals surface area contributed by atoms with Gasteiger partial charge in [-0.3, -0.25) is 0 Å². The first-order valence-corrected chi connectivity index (χ1v) is 7.18. The Hall–Kier alpha value is -0.270. The van der Waals surface area contributed by atoms with Crippen molar-refractivity contribution in [2.45, 2.75) is 9.92 Å². The van der Waals surface area contributed by atoms with Gasteiger partial charge in [-0.25, -0.2) is 4.98 Å². The van der Waals surface area contributed by atoms with Crippen molar-refractivity contribution in [3.63, 3.8) is 0 Å². The number of hydrogen-bond acceptors (Lipinski definition) is 3. The molecule has 2 nitrogen and oxygen atoms in total. The van der Waals surface area contributed by atoms with Gasteiger partial charge in [0, 0.05) is 24.8 Å². The Bertz CT molecular complexity index is 502. The Balaban J connectivity index is 2.23. The zero-order valence-corrected chi connectivity index (χ0v) is 12.7. The molecule has 0 fully saturated rings. The van der Waals surface area contributed by atoms with Crippen molar-refractivity contribution >= 4 is 56.0 Å². The van der Waals surface area contributed by atoms with Crippen molar-refractivity contribution in [3.8, 4) is 0 Å². The van der Waals surface area contributed by atoms with Gasteiger partial charge in [-0.15, -0.1) is 0 Å². The Morgan fingerprint density at radius 3 is 2.69 bits per heavy atom. The first kappa shape index (κ1) is 12.2. The van der Waals surface area contributed by atoms with E-state index in [9.17, 15) is 0 Å². The van der Waals surface area contributed by atoms with Gasteiger partial charge in [-0.05, 0) is 68.9 Å². The van der Waals surface area contributed by atoms with Crippen LogP contribution in [0.25, 0.3) is 0 Å². The molecule has 0 saturated carbocycles. The number of pyridine rings is 1. The fraction of sp³-hybridized carbons (Fsp3) is 0. The van der Waals surface area contributed by atoms with E-state index >= 15 is 0 Å². The maximum absolute atomic E-state index is 5.70. The molecule has 82 valence electrons. The van der Waals surface area contributed by atoms with Crippen LogP contribution in [-0.2, 0) is 0 Å². The largest absolute Gasteiger partial charge is 0.399 e. The van der Waals surface area contributed by atoms with Gasteiger partial charge in [0.25, 0.3) is 0 Å². The zero-order chi connectivity index (χ0) is 11.5. The highest BCUT2D eigenvalue weighted by atomic mass is 127. The van der Waals surface area contributed by atoms with E-state index in [2.05, 4.69) is 43.5 Å². The Morgan fingerprint density at radius 2 is 2.06 bits per heavy atom. The standard InChI is InChI=1S/C11H8BrIN2S/c12-7-1-4-11(15-6-7)16-10-3-2-8(14)5-9(10)13/h1-6H,14H2. The van der Waals surface area contributed by atoms with Gasteiger partial charge >= 0.3 is 0 Å². The summed E-state index contributed by atoms with van der Waals surface area (Å²) in [6.45, 7) is 0. The van der Waals surface area contributed by atoms with Gasteiger partial charge in [-0.1, -0.05) is 11.8 Å². The minimum Gasteiger partial charge on any atom is -0.399 e. The molecule has 0 aliphatic carbocycles. The number of benzene rings is 1. The Kier molecular flexibility index (Phi) is 4.10. The van der Waals surface area contributed by atoms with Crippen LogP contribution in [0.15, 0.2) is 50.9 Å². The second kappa shape index (κ2) is 5.37. The van der Waals surface area contributed by atoms with Crippen LogP contribution in [0.5, 0.6) is 0 Å². The maximum atomic E-state index is 5.70. The number of aromatic nitrogens is 1. The van der Waals surface area contributed by atoms with E-state index < -0.39 is 0 Å². The quantitative estimate of drug-likeness (QED) is 0.600. The van der Waals surface area contributed by atoms with Crippen molar-refractivity contribution in [3.05, 3.63) is 44.6 Å². The minimum atomic E-state index is 0.789. The molecule has 0 aliphatic heterocycles. The third kappa shape index (κ3) is 3.11. The molecule has 0 aliphatic rings. The van der Waals surface area contributed by atoms with Crippen LogP contribution in [-0.4, -0.2) is 4.98 Å². The lowest BCUT2D eigenvalue weighted by Gasteiger charge is -2.04. The molecule has 0 amide bonds. The Labute approximate surface area is 120 Å². The highest BCUT2D eigenvalue weighted by Gasteiger charge is 2.03. The van der Waals surface area contributed by atoms with Gasteiger partial charge in [-0.2, -0.15) is 0 Å². The molecule has 1 heterocycles. The molecule has 0 unspecified atom stereocenters. The smallest absolute Gasteiger partial charge is 0.101 e. The van der Waals surface area contributed by atoms with Crippen LogP contribution in [0.3, 0.4) is 0 Å². The molecule has 5 heteroatoms. The normalized spacial score (nSPS) is 10.4. The summed E-state index contributed by atoms with van der Waals surface area (Å²) in [6, 6.07) is 9.86. The zero-order valence-electron chi connectivity index (χ0n) is 8.15. The molecular formula is C11H8BrIN2S. The molecule has 16 heavy (non-hydrogen) atoms. The van der Waals surface area contributed by atoms with Crippen LogP contribution in [0.2, 0.25) is 0 Å². The van der Waals surface area contributed by atoms with E-state index in [0.717, 1.165) is 18.8 Å². The van der Waals surface area contributed by atoms with E-state index in [0.29, 0.717) is 0 Å². The number of hydrogen-bond donors (Lipinski definition) is 1. The summed E-state index contributed by atoms with van der Waals surface area (Å²) >= 11 is 7.28. The second-order valence-corrected chi connectivity index (χ2v) is 6.25. The molecular weight excluding hydrogens is 399 g/mol. The Morgan fingerprint density at radius 1 is 1.25 bits per heavy atom. The van der Waals surface area contributed by atoms with E-state index in [1.54, 1.807) is 18.0 Å². The molecule has 0 atom stereocenters. The summed E-state index contributed by atoms with van der Waals surface area (Å²) in [7, 11) is 0. The molecule has 0 radical (unpaired) electrons. The predicted octanol–water partition coefficient (Wildman–Crippen LogP) is 4.18. The van der Waals surface area contributed by atoms with Gasteiger partial charge < -0.3 is 5.73 Å². The number of nitrogen functional groups attached to an aromatic ring is 1. The lowest BCUT2D eigenvalue weighted by molar-refractivity contribution is 1.12. The average Bonchev–Trinajstić information content (AvgIpc) is 2.25. The summed E-state index contributed by atoms with van der Waals surface area (Å²) in [4.78, 5) is 5.49. The monoisotopic (exact) mass is 406 g/mol. The third-order valence-electron chi connectivity index (χ3n) is 1.87. The fourth-order valence-corrected chi connectivity index (χ4v) is 3.00. The fourth-order valence-electron chi connectivity index (χ4n) is 1.14. The van der Waals surface area contributed by atoms with Crippen LogP contribution in [0, 0.1) is 3.57 Å². The first-order valence-electron chi connectivity index (χ1n) is 4.49. The summed E-state index contributed by atoms with van der Waals surface area (Å²) < 4.78 is 2.14. The van der Waals surface area contributed by atoms with Crippen LogP contribution >= 0.6 is 50.3 Å². The van der Waals surface area contributed by atoms with Crippen molar-refractivity contribution < 1.29 is 0 Å². The molecule has 0 bridgehead atoms. The number of rotatable bonds is 2. The number of nitrogens with zero attached hydrogens (tertiary/aromatic N) is 1. The topological polar surface area (TPSA) is 38.9 Å². The first-order chi connectivity index (χ1) is 7.65. The van der Waals surface area contributed by atoms with E-state index in [-0.39, 0.29) is 0 Å². The van der Waals surface area contributed by atoms with Crippen molar-refractivity contribution in [2.24, 2.45) is 0 Å². The highest BCUT2D eigenvalue weighted by Crippen LogP contribution is 2.31. The minimum absolute atomic E-state index is 0.789. The van der Waals surface area contributed by atoms with Gasteiger partial charge in [0.05, 0.1) is 0 Å². The number of halogens is 2. The predicted molar refractivity (Wildman–Crippen MR) is 79.6 cm³/mol. The van der Waals surface area contributed by atoms with E-state index in [1.807, 2.05) is 30.3 Å². The lowest BCUT2D eigenvalue weighted by Crippen LogP contribution is -1.87. The highest BCUT2D eigenvalue weighted by molar-refractivity contribution is 14.1. The molecule has 0 spiro atoms. The molecule has 2 aromatic rings. The van der Waals surface area contributed by atoms with Crippen LogP contribution in [0.4, 0.5) is 5.69 Å². The van der Waals surface area contributed by atoms with Crippen LogP contribution < -0.4 is 5.73 Å². The van der Waals surface area contributed by atoms with Crippen molar-refractivity contribution in [2.75, 3.05) is 5.73 Å². The maximum Gasteiger partial charge on any atom is 0.101 e. The van der Waals surface area contributed by atoms with E-state index in [1.165, 1.54) is 4.90 Å². The van der Waals surface area contributed by atoms with Gasteiger partial charge in [0.1, 0.15) is 5.03 Å². The van der Waals surface area contributed by atoms with Crippen molar-refractivity contribution in [1.82, 2.24) is 4.98 Å². The summed E-state index contributed by atoms with van der Waals surface area (Å²) in [5, 5.41) is 0.978. The molecule has 2 N–H and O–H groups in total.